The van der Waals surface area contributed by atoms with Crippen LogP contribution in [-0.2, 0) is 21.5 Å². The second-order valence-electron chi connectivity index (χ2n) is 7.70. The second kappa shape index (κ2) is 9.11. The van der Waals surface area contributed by atoms with Gasteiger partial charge in [0.2, 0.25) is 5.91 Å². The summed E-state index contributed by atoms with van der Waals surface area (Å²) in [6, 6.07) is 15.7. The summed E-state index contributed by atoms with van der Waals surface area (Å²) in [7, 11) is 0. The van der Waals surface area contributed by atoms with E-state index in [1.807, 2.05) is 55.5 Å². The average molecular weight is 439 g/mol. The predicted molar refractivity (Wildman–Crippen MR) is 120 cm³/mol. The maximum Gasteiger partial charge on any atom is 0.350 e. The van der Waals surface area contributed by atoms with Crippen LogP contribution in [0.15, 0.2) is 69.4 Å². The van der Waals surface area contributed by atoms with Gasteiger partial charge in [0.25, 0.3) is 0 Å². The van der Waals surface area contributed by atoms with Crippen LogP contribution in [0.4, 0.5) is 0 Å². The highest BCUT2D eigenvalue weighted by atomic mass is 32.2. The molecule has 2 heterocycles. The minimum Gasteiger partial charge on any atom is -0.381 e. The molecule has 8 heteroatoms. The van der Waals surface area contributed by atoms with Gasteiger partial charge in [-0.05, 0) is 61.2 Å². The van der Waals surface area contributed by atoms with E-state index < -0.39 is 5.41 Å². The van der Waals surface area contributed by atoms with E-state index in [1.165, 1.54) is 4.68 Å². The Labute approximate surface area is 185 Å². The normalized spacial score (nSPS) is 15.6. The summed E-state index contributed by atoms with van der Waals surface area (Å²) in [4.78, 5) is 26.8. The van der Waals surface area contributed by atoms with Crippen LogP contribution in [0.2, 0.25) is 0 Å². The first-order valence-corrected chi connectivity index (χ1v) is 11.3. The van der Waals surface area contributed by atoms with Crippen LogP contribution in [0.3, 0.4) is 0 Å². The number of benzene rings is 2. The van der Waals surface area contributed by atoms with Gasteiger partial charge in [-0.25, -0.2) is 4.79 Å². The van der Waals surface area contributed by atoms with E-state index in [9.17, 15) is 9.59 Å². The topological polar surface area (TPSA) is 92.1 Å². The quantitative estimate of drug-likeness (QED) is 0.612. The molecular formula is C23H26N4O3S. The number of amides is 1. The van der Waals surface area contributed by atoms with E-state index in [-0.39, 0.29) is 11.6 Å². The van der Waals surface area contributed by atoms with Crippen LogP contribution in [0.5, 0.6) is 0 Å². The number of carbonyl (C=O) groups is 1. The minimum atomic E-state index is -0.669. The molecule has 3 aromatic rings. The lowest BCUT2D eigenvalue weighted by atomic mass is 9.73. The highest BCUT2D eigenvalue weighted by Crippen LogP contribution is 2.37. The highest BCUT2D eigenvalue weighted by molar-refractivity contribution is 7.99. The van der Waals surface area contributed by atoms with Crippen molar-refractivity contribution in [2.75, 3.05) is 13.2 Å². The fraction of sp³-hybridized carbons (Fsp3) is 0.348. The summed E-state index contributed by atoms with van der Waals surface area (Å²) in [6.45, 7) is 3.75. The summed E-state index contributed by atoms with van der Waals surface area (Å²) >= 11 is 1.60. The van der Waals surface area contributed by atoms with Crippen molar-refractivity contribution >= 4 is 17.7 Å². The van der Waals surface area contributed by atoms with Gasteiger partial charge in [0.1, 0.15) is 6.33 Å². The zero-order valence-corrected chi connectivity index (χ0v) is 18.3. The molecule has 0 radical (unpaired) electrons. The fourth-order valence-electron chi connectivity index (χ4n) is 3.95. The fourth-order valence-corrected chi connectivity index (χ4v) is 4.83. The maximum absolute atomic E-state index is 12.4. The van der Waals surface area contributed by atoms with Crippen molar-refractivity contribution in [3.8, 4) is 5.69 Å². The summed E-state index contributed by atoms with van der Waals surface area (Å²) in [5.41, 5.74) is 6.67. The molecule has 0 spiro atoms. The molecule has 0 atom stereocenters. The van der Waals surface area contributed by atoms with Crippen LogP contribution < -0.4 is 11.4 Å². The third-order valence-corrected chi connectivity index (χ3v) is 6.72. The van der Waals surface area contributed by atoms with Crippen LogP contribution in [-0.4, -0.2) is 33.5 Å². The third-order valence-electron chi connectivity index (χ3n) is 5.72. The highest BCUT2D eigenvalue weighted by Gasteiger charge is 2.40. The lowest BCUT2D eigenvalue weighted by Gasteiger charge is -2.34. The SMILES string of the molecule is CCCn1cnn(-c2ccc(Sc3cccc(C4(C(N)=O)CCOCC4)c3)cc2)c1=O. The molecule has 0 saturated carbocycles. The van der Waals surface area contributed by atoms with Crippen molar-refractivity contribution in [1.82, 2.24) is 14.3 Å². The van der Waals surface area contributed by atoms with Gasteiger partial charge in [0.15, 0.2) is 0 Å². The number of aromatic nitrogens is 3. The zero-order valence-electron chi connectivity index (χ0n) is 17.5. The number of rotatable bonds is 7. The average Bonchev–Trinajstić information content (AvgIpc) is 3.15. The largest absolute Gasteiger partial charge is 0.381 e. The molecule has 7 nitrogen and oxygen atoms in total. The molecule has 1 aromatic heterocycles. The number of carbonyl (C=O) groups excluding carboxylic acids is 1. The Kier molecular flexibility index (Phi) is 6.29. The molecule has 0 bridgehead atoms. The van der Waals surface area contributed by atoms with E-state index in [1.54, 1.807) is 22.7 Å². The molecule has 2 aromatic carbocycles. The molecule has 1 aliphatic rings. The lowest BCUT2D eigenvalue weighted by Crippen LogP contribution is -2.45. The smallest absolute Gasteiger partial charge is 0.350 e. The second-order valence-corrected chi connectivity index (χ2v) is 8.85. The van der Waals surface area contributed by atoms with Gasteiger partial charge in [-0.2, -0.15) is 9.78 Å². The van der Waals surface area contributed by atoms with Gasteiger partial charge >= 0.3 is 5.69 Å². The number of hydrogen-bond donors (Lipinski definition) is 1. The lowest BCUT2D eigenvalue weighted by molar-refractivity contribution is -0.127. The van der Waals surface area contributed by atoms with Crippen molar-refractivity contribution in [3.63, 3.8) is 0 Å². The standard InChI is InChI=1S/C23H26N4O3S/c1-2-12-26-16-25-27(22(26)29)18-6-8-19(9-7-18)31-20-5-3-4-17(15-20)23(21(24)28)10-13-30-14-11-23/h3-9,15-16H,2,10-14H2,1H3,(H2,24,28). The van der Waals surface area contributed by atoms with E-state index in [0.717, 1.165) is 27.5 Å². The molecule has 1 aliphatic heterocycles. The van der Waals surface area contributed by atoms with Gasteiger partial charge in [-0.1, -0.05) is 30.8 Å². The van der Waals surface area contributed by atoms with Gasteiger partial charge in [-0.3, -0.25) is 9.36 Å². The van der Waals surface area contributed by atoms with Gasteiger partial charge < -0.3 is 10.5 Å². The zero-order chi connectivity index (χ0) is 21.8. The van der Waals surface area contributed by atoms with E-state index in [2.05, 4.69) is 5.10 Å². The first-order chi connectivity index (χ1) is 15.0. The number of nitrogens with zero attached hydrogens (tertiary/aromatic N) is 3. The summed E-state index contributed by atoms with van der Waals surface area (Å²) in [6.07, 6.45) is 3.66. The number of primary amides is 1. The maximum atomic E-state index is 12.4. The number of hydrogen-bond acceptors (Lipinski definition) is 5. The first kappa shape index (κ1) is 21.4. The monoisotopic (exact) mass is 438 g/mol. The number of nitrogens with two attached hydrogens (primary N) is 1. The molecule has 0 unspecified atom stereocenters. The molecular weight excluding hydrogens is 412 g/mol. The molecule has 2 N–H and O–H groups in total. The Morgan fingerprint density at radius 2 is 1.90 bits per heavy atom. The van der Waals surface area contributed by atoms with Crippen molar-refractivity contribution in [1.29, 1.82) is 0 Å². The van der Waals surface area contributed by atoms with Gasteiger partial charge in [0.05, 0.1) is 11.1 Å². The Bertz CT molecular complexity index is 1110. The van der Waals surface area contributed by atoms with Crippen LogP contribution in [0.25, 0.3) is 5.69 Å². The van der Waals surface area contributed by atoms with Crippen LogP contribution >= 0.6 is 11.8 Å². The molecule has 1 amide bonds. The summed E-state index contributed by atoms with van der Waals surface area (Å²) in [5, 5.41) is 4.21. The minimum absolute atomic E-state index is 0.136. The van der Waals surface area contributed by atoms with E-state index in [4.69, 9.17) is 10.5 Å². The third kappa shape index (κ3) is 4.31. The Morgan fingerprint density at radius 3 is 2.58 bits per heavy atom. The van der Waals surface area contributed by atoms with Crippen molar-refractivity contribution in [2.45, 2.75) is 47.9 Å². The first-order valence-electron chi connectivity index (χ1n) is 10.4. The van der Waals surface area contributed by atoms with E-state index >= 15 is 0 Å². The Morgan fingerprint density at radius 1 is 1.16 bits per heavy atom. The van der Waals surface area contributed by atoms with Crippen molar-refractivity contribution in [2.24, 2.45) is 5.73 Å². The number of aryl methyl sites for hydroxylation is 1. The molecule has 31 heavy (non-hydrogen) atoms. The predicted octanol–water partition coefficient (Wildman–Crippen LogP) is 3.13. The van der Waals surface area contributed by atoms with Crippen molar-refractivity contribution < 1.29 is 9.53 Å². The van der Waals surface area contributed by atoms with Crippen LogP contribution in [0.1, 0.15) is 31.7 Å². The molecule has 1 fully saturated rings. The number of ether oxygens (including phenoxy) is 1. The molecule has 1 saturated heterocycles. The Balaban J connectivity index is 1.54. The Hall–Kier alpha value is -2.84. The summed E-state index contributed by atoms with van der Waals surface area (Å²) < 4.78 is 8.47. The van der Waals surface area contributed by atoms with Gasteiger partial charge in [-0.15, -0.1) is 0 Å². The summed E-state index contributed by atoms with van der Waals surface area (Å²) in [5.74, 6) is -0.296. The molecule has 4 rings (SSSR count). The van der Waals surface area contributed by atoms with Crippen LogP contribution in [0, 0.1) is 0 Å². The molecule has 0 aliphatic carbocycles. The van der Waals surface area contributed by atoms with Crippen molar-refractivity contribution in [3.05, 3.63) is 70.9 Å². The van der Waals surface area contributed by atoms with E-state index in [0.29, 0.717) is 32.6 Å². The molecule has 162 valence electrons. The van der Waals surface area contributed by atoms with Gasteiger partial charge in [0, 0.05) is 29.5 Å².